The van der Waals surface area contributed by atoms with Gasteiger partial charge >= 0.3 is 0 Å². The van der Waals surface area contributed by atoms with E-state index in [1.54, 1.807) is 11.0 Å². The number of aromatic amines is 1. The van der Waals surface area contributed by atoms with Crippen molar-refractivity contribution in [2.45, 2.75) is 13.5 Å². The number of furan rings is 1. The van der Waals surface area contributed by atoms with Crippen molar-refractivity contribution in [1.29, 1.82) is 0 Å². The van der Waals surface area contributed by atoms with E-state index in [0.29, 0.717) is 11.3 Å². The number of nitrogens with one attached hydrogen (secondary N) is 2. The zero-order valence-corrected chi connectivity index (χ0v) is 12.8. The first-order chi connectivity index (χ1) is 10.1. The Morgan fingerprint density at radius 2 is 2.24 bits per heavy atom. The summed E-state index contributed by atoms with van der Waals surface area (Å²) in [4.78, 5) is 0. The first-order valence-corrected chi connectivity index (χ1v) is 7.14. The topological polar surface area (TPSA) is 58.8 Å². The average molecular weight is 321 g/mol. The van der Waals surface area contributed by atoms with Crippen LogP contribution >= 0.6 is 23.8 Å². The lowest BCUT2D eigenvalue weighted by Gasteiger charge is -2.05. The fourth-order valence-electron chi connectivity index (χ4n) is 2.02. The molecular formula is C14H13ClN4OS. The van der Waals surface area contributed by atoms with E-state index < -0.39 is 0 Å². The summed E-state index contributed by atoms with van der Waals surface area (Å²) in [6.07, 6.45) is 1.58. The van der Waals surface area contributed by atoms with Crippen LogP contribution in [0, 0.1) is 11.7 Å². The summed E-state index contributed by atoms with van der Waals surface area (Å²) < 4.78 is 7.98. The van der Waals surface area contributed by atoms with E-state index in [4.69, 9.17) is 28.2 Å². The SMILES string of the molecule is Cc1c(Cl)cccc1-c1ccc(CNn2cn[nH]c2=S)o1. The van der Waals surface area contributed by atoms with Gasteiger partial charge in [-0.3, -0.25) is 5.10 Å². The van der Waals surface area contributed by atoms with Crippen molar-refractivity contribution < 1.29 is 4.42 Å². The summed E-state index contributed by atoms with van der Waals surface area (Å²) in [6.45, 7) is 2.48. The molecule has 0 aliphatic rings. The lowest BCUT2D eigenvalue weighted by atomic mass is 10.1. The first kappa shape index (κ1) is 13.9. The lowest BCUT2D eigenvalue weighted by molar-refractivity contribution is 0.522. The zero-order chi connectivity index (χ0) is 14.8. The maximum atomic E-state index is 6.14. The van der Waals surface area contributed by atoms with E-state index in [1.165, 1.54) is 0 Å². The summed E-state index contributed by atoms with van der Waals surface area (Å²) in [6, 6.07) is 9.63. The van der Waals surface area contributed by atoms with E-state index in [-0.39, 0.29) is 0 Å². The Kier molecular flexibility index (Phi) is 3.81. The van der Waals surface area contributed by atoms with Crippen LogP contribution in [0.25, 0.3) is 11.3 Å². The van der Waals surface area contributed by atoms with Crippen LogP contribution in [-0.4, -0.2) is 14.9 Å². The van der Waals surface area contributed by atoms with Crippen molar-refractivity contribution in [1.82, 2.24) is 14.9 Å². The quantitative estimate of drug-likeness (QED) is 0.716. The second-order valence-electron chi connectivity index (χ2n) is 4.54. The van der Waals surface area contributed by atoms with Crippen molar-refractivity contribution in [3.8, 4) is 11.3 Å². The highest BCUT2D eigenvalue weighted by Crippen LogP contribution is 2.29. The predicted molar refractivity (Wildman–Crippen MR) is 84.4 cm³/mol. The van der Waals surface area contributed by atoms with Gasteiger partial charge in [0, 0.05) is 10.6 Å². The van der Waals surface area contributed by atoms with Gasteiger partial charge in [0.2, 0.25) is 4.77 Å². The molecule has 0 bridgehead atoms. The van der Waals surface area contributed by atoms with Gasteiger partial charge < -0.3 is 9.84 Å². The molecule has 0 spiro atoms. The molecule has 0 fully saturated rings. The Morgan fingerprint density at radius 1 is 1.38 bits per heavy atom. The van der Waals surface area contributed by atoms with Gasteiger partial charge in [-0.05, 0) is 42.9 Å². The van der Waals surface area contributed by atoms with Gasteiger partial charge in [0.05, 0.1) is 6.54 Å². The molecule has 2 N–H and O–H groups in total. The van der Waals surface area contributed by atoms with Gasteiger partial charge in [0.1, 0.15) is 17.8 Å². The van der Waals surface area contributed by atoms with E-state index in [9.17, 15) is 0 Å². The Morgan fingerprint density at radius 3 is 3.00 bits per heavy atom. The minimum absolute atomic E-state index is 0.507. The molecular weight excluding hydrogens is 308 g/mol. The van der Waals surface area contributed by atoms with E-state index in [0.717, 1.165) is 27.7 Å². The Hall–Kier alpha value is -2.05. The molecule has 0 aliphatic carbocycles. The third-order valence-electron chi connectivity index (χ3n) is 3.17. The normalized spacial score (nSPS) is 10.8. The zero-order valence-electron chi connectivity index (χ0n) is 11.3. The standard InChI is InChI=1S/C14H13ClN4OS/c1-9-11(3-2-4-12(9)15)13-6-5-10(20-13)7-17-19-8-16-18-14(19)21/h2-6,8,17H,7H2,1H3,(H,18,21). The third kappa shape index (κ3) is 2.86. The van der Waals surface area contributed by atoms with Gasteiger partial charge in [0.25, 0.3) is 0 Å². The van der Waals surface area contributed by atoms with Crippen LogP contribution < -0.4 is 5.43 Å². The maximum Gasteiger partial charge on any atom is 0.214 e. The lowest BCUT2D eigenvalue weighted by Crippen LogP contribution is -2.12. The summed E-state index contributed by atoms with van der Waals surface area (Å²) >= 11 is 11.2. The van der Waals surface area contributed by atoms with Gasteiger partial charge in [-0.15, -0.1) is 0 Å². The Bertz CT molecular complexity index is 820. The van der Waals surface area contributed by atoms with Crippen LogP contribution in [-0.2, 0) is 6.54 Å². The summed E-state index contributed by atoms with van der Waals surface area (Å²) in [5.74, 6) is 1.59. The molecule has 2 heterocycles. The number of aromatic nitrogens is 3. The highest BCUT2D eigenvalue weighted by atomic mass is 35.5. The molecule has 1 aromatic carbocycles. The smallest absolute Gasteiger partial charge is 0.214 e. The molecule has 0 saturated heterocycles. The number of nitrogens with zero attached hydrogens (tertiary/aromatic N) is 2. The molecule has 0 unspecified atom stereocenters. The maximum absolute atomic E-state index is 6.14. The van der Waals surface area contributed by atoms with E-state index in [1.807, 2.05) is 37.3 Å². The number of H-pyrrole nitrogens is 1. The van der Waals surface area contributed by atoms with Crippen molar-refractivity contribution in [3.63, 3.8) is 0 Å². The molecule has 7 heteroatoms. The molecule has 3 aromatic rings. The number of hydrogen-bond acceptors (Lipinski definition) is 4. The summed E-state index contributed by atoms with van der Waals surface area (Å²) in [7, 11) is 0. The van der Waals surface area contributed by atoms with E-state index in [2.05, 4.69) is 15.6 Å². The predicted octanol–water partition coefficient (Wildman–Crippen LogP) is 3.91. The van der Waals surface area contributed by atoms with Crippen molar-refractivity contribution >= 4 is 23.8 Å². The van der Waals surface area contributed by atoms with E-state index >= 15 is 0 Å². The largest absolute Gasteiger partial charge is 0.459 e. The van der Waals surface area contributed by atoms with Crippen molar-refractivity contribution in [3.05, 3.63) is 57.8 Å². The first-order valence-electron chi connectivity index (χ1n) is 6.35. The molecule has 0 radical (unpaired) electrons. The number of rotatable bonds is 4. The van der Waals surface area contributed by atoms with Crippen LogP contribution in [0.5, 0.6) is 0 Å². The van der Waals surface area contributed by atoms with Crippen LogP contribution in [0.2, 0.25) is 5.02 Å². The minimum atomic E-state index is 0.507. The van der Waals surface area contributed by atoms with Gasteiger partial charge in [-0.25, -0.2) is 4.68 Å². The Balaban J connectivity index is 1.79. The molecule has 3 rings (SSSR count). The fraction of sp³-hybridized carbons (Fsp3) is 0.143. The third-order valence-corrected chi connectivity index (χ3v) is 3.87. The molecule has 2 aromatic heterocycles. The van der Waals surface area contributed by atoms with Crippen LogP contribution in [0.15, 0.2) is 41.1 Å². The highest BCUT2D eigenvalue weighted by molar-refractivity contribution is 7.71. The summed E-state index contributed by atoms with van der Waals surface area (Å²) in [5, 5.41) is 7.23. The van der Waals surface area contributed by atoms with Crippen LogP contribution in [0.3, 0.4) is 0 Å². The Labute approximate surface area is 131 Å². The molecule has 0 atom stereocenters. The number of halogens is 1. The van der Waals surface area contributed by atoms with Gasteiger partial charge in [0.15, 0.2) is 0 Å². The molecule has 0 amide bonds. The number of benzene rings is 1. The van der Waals surface area contributed by atoms with Crippen molar-refractivity contribution in [2.24, 2.45) is 0 Å². The fourth-order valence-corrected chi connectivity index (χ4v) is 2.35. The van der Waals surface area contributed by atoms with Gasteiger partial charge in [-0.2, -0.15) is 5.10 Å². The van der Waals surface area contributed by atoms with Crippen molar-refractivity contribution in [2.75, 3.05) is 5.43 Å². The second-order valence-corrected chi connectivity index (χ2v) is 5.34. The highest BCUT2D eigenvalue weighted by Gasteiger charge is 2.09. The van der Waals surface area contributed by atoms with Crippen LogP contribution in [0.4, 0.5) is 0 Å². The van der Waals surface area contributed by atoms with Gasteiger partial charge in [-0.1, -0.05) is 23.7 Å². The molecule has 21 heavy (non-hydrogen) atoms. The monoisotopic (exact) mass is 320 g/mol. The average Bonchev–Trinajstić information content (AvgIpc) is 3.09. The molecule has 108 valence electrons. The summed E-state index contributed by atoms with van der Waals surface area (Å²) in [5.41, 5.74) is 5.10. The number of hydrogen-bond donors (Lipinski definition) is 2. The molecule has 5 nitrogen and oxygen atoms in total. The molecule has 0 saturated carbocycles. The molecule has 0 aliphatic heterocycles. The minimum Gasteiger partial charge on any atom is -0.459 e. The second kappa shape index (κ2) is 5.75. The van der Waals surface area contributed by atoms with Crippen LogP contribution in [0.1, 0.15) is 11.3 Å².